The summed E-state index contributed by atoms with van der Waals surface area (Å²) in [6, 6.07) is 0. The second-order valence-electron chi connectivity index (χ2n) is 4.20. The van der Waals surface area contributed by atoms with Crippen LogP contribution in [0, 0.1) is 6.92 Å². The summed E-state index contributed by atoms with van der Waals surface area (Å²) >= 11 is 3.50. The molecule has 0 spiro atoms. The van der Waals surface area contributed by atoms with Crippen molar-refractivity contribution in [1.82, 2.24) is 14.8 Å². The zero-order valence-electron chi connectivity index (χ0n) is 10.4. The van der Waals surface area contributed by atoms with Crippen LogP contribution in [0.25, 0.3) is 0 Å². The van der Waals surface area contributed by atoms with Crippen LogP contribution >= 0.6 is 15.9 Å². The molecule has 0 fully saturated rings. The second-order valence-corrected chi connectivity index (χ2v) is 4.99. The normalized spacial score (nSPS) is 10.6. The van der Waals surface area contributed by atoms with Gasteiger partial charge in [-0.1, -0.05) is 0 Å². The highest BCUT2D eigenvalue weighted by Crippen LogP contribution is 2.27. The van der Waals surface area contributed by atoms with E-state index in [1.54, 1.807) is 10.9 Å². The first-order valence-corrected chi connectivity index (χ1v) is 6.49. The van der Waals surface area contributed by atoms with Gasteiger partial charge in [0.2, 0.25) is 0 Å². The van der Waals surface area contributed by atoms with Crippen molar-refractivity contribution in [3.8, 4) is 0 Å². The lowest BCUT2D eigenvalue weighted by Crippen LogP contribution is -2.08. The van der Waals surface area contributed by atoms with E-state index in [1.807, 2.05) is 26.4 Å². The molecule has 3 N–H and O–H groups in total. The highest BCUT2D eigenvalue weighted by Gasteiger charge is 2.06. The van der Waals surface area contributed by atoms with Crippen molar-refractivity contribution in [2.45, 2.75) is 13.3 Å². The third kappa shape index (κ3) is 2.81. The molecule has 2 rings (SSSR count). The first kappa shape index (κ1) is 12.9. The maximum absolute atomic E-state index is 5.78. The molecule has 0 atom stereocenters. The number of nitrogen functional groups attached to an aromatic ring is 1. The maximum atomic E-state index is 5.78. The molecule has 0 saturated carbocycles. The van der Waals surface area contributed by atoms with Crippen LogP contribution < -0.4 is 11.1 Å². The summed E-state index contributed by atoms with van der Waals surface area (Å²) in [6.45, 7) is 2.77. The number of anilines is 2. The number of nitrogens with zero attached hydrogens (tertiary/aromatic N) is 3. The zero-order valence-corrected chi connectivity index (χ0v) is 12.0. The number of hydrogen-bond donors (Lipinski definition) is 2. The van der Waals surface area contributed by atoms with Crippen molar-refractivity contribution < 1.29 is 0 Å². The van der Waals surface area contributed by atoms with E-state index in [0.717, 1.165) is 28.8 Å². The van der Waals surface area contributed by atoms with Crippen LogP contribution in [0.5, 0.6) is 0 Å². The van der Waals surface area contributed by atoms with E-state index in [1.165, 1.54) is 5.56 Å². The Kier molecular flexibility index (Phi) is 3.86. The fraction of sp³-hybridized carbons (Fsp3) is 0.333. The van der Waals surface area contributed by atoms with Gasteiger partial charge in [0.1, 0.15) is 5.82 Å². The van der Waals surface area contributed by atoms with Gasteiger partial charge in [-0.3, -0.25) is 4.68 Å². The average Bonchev–Trinajstić information content (AvgIpc) is 2.75. The summed E-state index contributed by atoms with van der Waals surface area (Å²) < 4.78 is 2.73. The summed E-state index contributed by atoms with van der Waals surface area (Å²) in [4.78, 5) is 4.27. The Morgan fingerprint density at radius 2 is 2.22 bits per heavy atom. The highest BCUT2D eigenvalue weighted by molar-refractivity contribution is 9.10. The quantitative estimate of drug-likeness (QED) is 0.907. The topological polar surface area (TPSA) is 68.8 Å². The monoisotopic (exact) mass is 309 g/mol. The standard InChI is InChI=1S/C12H16BrN5/c1-8-10(14)6-16-12(11(8)13)15-4-3-9-5-17-18(2)7-9/h5-7H,3-4,14H2,1-2H3,(H,15,16). The summed E-state index contributed by atoms with van der Waals surface area (Å²) in [5, 5.41) is 7.42. The number of hydrogen-bond acceptors (Lipinski definition) is 4. The average molecular weight is 310 g/mol. The molecule has 2 heterocycles. The van der Waals surface area contributed by atoms with E-state index >= 15 is 0 Å². The minimum atomic E-state index is 0.694. The Morgan fingerprint density at radius 1 is 1.44 bits per heavy atom. The predicted octanol–water partition coefficient (Wildman–Crippen LogP) is 2.12. The summed E-state index contributed by atoms with van der Waals surface area (Å²) in [5.74, 6) is 0.825. The van der Waals surface area contributed by atoms with Gasteiger partial charge in [0, 0.05) is 19.8 Å². The predicted molar refractivity (Wildman–Crippen MR) is 76.5 cm³/mol. The number of halogens is 1. The van der Waals surface area contributed by atoms with E-state index in [4.69, 9.17) is 5.73 Å². The number of nitrogens with two attached hydrogens (primary N) is 1. The lowest BCUT2D eigenvalue weighted by molar-refractivity contribution is 0.767. The molecule has 2 aromatic rings. The number of pyridine rings is 1. The fourth-order valence-corrected chi connectivity index (χ4v) is 2.11. The number of aromatic nitrogens is 3. The molecule has 2 aromatic heterocycles. The third-order valence-corrected chi connectivity index (χ3v) is 3.74. The lowest BCUT2D eigenvalue weighted by Gasteiger charge is -2.10. The van der Waals surface area contributed by atoms with Gasteiger partial charge in [-0.05, 0) is 40.4 Å². The van der Waals surface area contributed by atoms with Crippen LogP contribution in [-0.2, 0) is 13.5 Å². The first-order valence-electron chi connectivity index (χ1n) is 5.70. The molecule has 0 unspecified atom stereocenters. The molecule has 0 aromatic carbocycles. The lowest BCUT2D eigenvalue weighted by atomic mass is 10.2. The van der Waals surface area contributed by atoms with Gasteiger partial charge >= 0.3 is 0 Å². The summed E-state index contributed by atoms with van der Waals surface area (Å²) in [5.41, 5.74) is 8.69. The van der Waals surface area contributed by atoms with Crippen molar-refractivity contribution in [2.24, 2.45) is 7.05 Å². The van der Waals surface area contributed by atoms with Crippen molar-refractivity contribution >= 4 is 27.4 Å². The highest BCUT2D eigenvalue weighted by atomic mass is 79.9. The molecule has 96 valence electrons. The summed E-state index contributed by atoms with van der Waals surface area (Å²) in [7, 11) is 1.92. The second kappa shape index (κ2) is 5.39. The first-order chi connectivity index (χ1) is 8.58. The van der Waals surface area contributed by atoms with Crippen LogP contribution in [0.1, 0.15) is 11.1 Å². The number of aryl methyl sites for hydroxylation is 1. The van der Waals surface area contributed by atoms with E-state index in [2.05, 4.69) is 31.3 Å². The van der Waals surface area contributed by atoms with Gasteiger partial charge < -0.3 is 11.1 Å². The SMILES string of the molecule is Cc1c(N)cnc(NCCc2cnn(C)c2)c1Br. The van der Waals surface area contributed by atoms with Crippen LogP contribution in [0.2, 0.25) is 0 Å². The van der Waals surface area contributed by atoms with E-state index in [-0.39, 0.29) is 0 Å². The number of rotatable bonds is 4. The Morgan fingerprint density at radius 3 is 2.89 bits per heavy atom. The van der Waals surface area contributed by atoms with Gasteiger partial charge in [0.15, 0.2) is 0 Å². The maximum Gasteiger partial charge on any atom is 0.140 e. The molecule has 0 bridgehead atoms. The molecule has 0 aliphatic rings. The van der Waals surface area contributed by atoms with E-state index in [9.17, 15) is 0 Å². The minimum absolute atomic E-state index is 0.694. The molecule has 0 radical (unpaired) electrons. The van der Waals surface area contributed by atoms with Gasteiger partial charge in [0.05, 0.1) is 22.6 Å². The molecule has 0 amide bonds. The van der Waals surface area contributed by atoms with Gasteiger partial charge in [-0.25, -0.2) is 4.98 Å². The van der Waals surface area contributed by atoms with Crippen molar-refractivity contribution in [3.63, 3.8) is 0 Å². The van der Waals surface area contributed by atoms with Crippen LogP contribution in [0.4, 0.5) is 11.5 Å². The van der Waals surface area contributed by atoms with Gasteiger partial charge in [-0.15, -0.1) is 0 Å². The van der Waals surface area contributed by atoms with Crippen LogP contribution in [0.15, 0.2) is 23.1 Å². The molecule has 18 heavy (non-hydrogen) atoms. The largest absolute Gasteiger partial charge is 0.397 e. The molecule has 6 heteroatoms. The Hall–Kier alpha value is -1.56. The van der Waals surface area contributed by atoms with Crippen molar-refractivity contribution in [3.05, 3.63) is 34.2 Å². The van der Waals surface area contributed by atoms with Crippen LogP contribution in [-0.4, -0.2) is 21.3 Å². The Labute approximate surface area is 115 Å². The Balaban J connectivity index is 1.96. The molecular weight excluding hydrogens is 294 g/mol. The van der Waals surface area contributed by atoms with E-state index < -0.39 is 0 Å². The number of nitrogens with one attached hydrogen (secondary N) is 1. The summed E-state index contributed by atoms with van der Waals surface area (Å²) in [6.07, 6.45) is 6.47. The van der Waals surface area contributed by atoms with Gasteiger partial charge in [-0.2, -0.15) is 5.10 Å². The smallest absolute Gasteiger partial charge is 0.140 e. The molecule has 0 aliphatic carbocycles. The molecular formula is C12H16BrN5. The molecule has 0 saturated heterocycles. The Bertz CT molecular complexity index is 549. The van der Waals surface area contributed by atoms with Crippen LogP contribution in [0.3, 0.4) is 0 Å². The van der Waals surface area contributed by atoms with Gasteiger partial charge in [0.25, 0.3) is 0 Å². The van der Waals surface area contributed by atoms with E-state index in [0.29, 0.717) is 5.69 Å². The minimum Gasteiger partial charge on any atom is -0.397 e. The van der Waals surface area contributed by atoms with Crippen molar-refractivity contribution in [2.75, 3.05) is 17.6 Å². The zero-order chi connectivity index (χ0) is 13.1. The van der Waals surface area contributed by atoms with Crippen molar-refractivity contribution in [1.29, 1.82) is 0 Å². The third-order valence-electron chi connectivity index (χ3n) is 2.77. The fourth-order valence-electron chi connectivity index (χ4n) is 1.64. The molecule has 0 aliphatic heterocycles. The molecule has 5 nitrogen and oxygen atoms in total.